The van der Waals surface area contributed by atoms with Crippen LogP contribution in [0.2, 0.25) is 0 Å². The third-order valence-electron chi connectivity index (χ3n) is 2.72. The zero-order valence-corrected chi connectivity index (χ0v) is 9.95. The summed E-state index contributed by atoms with van der Waals surface area (Å²) in [7, 11) is 0. The summed E-state index contributed by atoms with van der Waals surface area (Å²) in [6.45, 7) is 10.1. The molecule has 0 bridgehead atoms. The minimum absolute atomic E-state index is 0.347. The molecule has 3 heteroatoms. The van der Waals surface area contributed by atoms with E-state index in [1.165, 1.54) is 0 Å². The van der Waals surface area contributed by atoms with Gasteiger partial charge in [0, 0.05) is 0 Å². The van der Waals surface area contributed by atoms with E-state index in [1.54, 1.807) is 0 Å². The van der Waals surface area contributed by atoms with Crippen LogP contribution in [0.3, 0.4) is 0 Å². The van der Waals surface area contributed by atoms with Crippen LogP contribution in [0.1, 0.15) is 44.6 Å². The summed E-state index contributed by atoms with van der Waals surface area (Å²) in [5.41, 5.74) is 9.09. The van der Waals surface area contributed by atoms with Gasteiger partial charge in [0.15, 0.2) is 0 Å². The Kier molecular flexibility index (Phi) is 3.95. The van der Waals surface area contributed by atoms with Gasteiger partial charge in [-0.1, -0.05) is 19.9 Å². The summed E-state index contributed by atoms with van der Waals surface area (Å²) in [6.07, 6.45) is 4.68. The average molecular weight is 207 g/mol. The van der Waals surface area contributed by atoms with Crippen molar-refractivity contribution in [3.8, 4) is 0 Å². The molecule has 2 N–H and O–H groups in total. The molecule has 1 heterocycles. The van der Waals surface area contributed by atoms with Crippen molar-refractivity contribution in [2.75, 3.05) is 5.73 Å². The molecule has 0 amide bonds. The number of hydrogen-bond donors (Lipinski definition) is 1. The Morgan fingerprint density at radius 2 is 2.13 bits per heavy atom. The maximum absolute atomic E-state index is 6.05. The maximum Gasteiger partial charge on any atom is 0.0854 e. The molecule has 0 radical (unpaired) electrons. The van der Waals surface area contributed by atoms with Gasteiger partial charge >= 0.3 is 0 Å². The highest BCUT2D eigenvalue weighted by molar-refractivity contribution is 5.48. The fraction of sp³-hybridized carbons (Fsp3) is 0.583. The first-order chi connectivity index (χ1) is 7.15. The van der Waals surface area contributed by atoms with Gasteiger partial charge in [-0.2, -0.15) is 5.10 Å². The fourth-order valence-corrected chi connectivity index (χ4v) is 1.85. The van der Waals surface area contributed by atoms with Gasteiger partial charge in [0.1, 0.15) is 0 Å². The van der Waals surface area contributed by atoms with E-state index in [1.807, 2.05) is 6.08 Å². The molecule has 0 aliphatic carbocycles. The van der Waals surface area contributed by atoms with Crippen LogP contribution in [0.15, 0.2) is 12.7 Å². The lowest BCUT2D eigenvalue weighted by atomic mass is 10.2. The van der Waals surface area contributed by atoms with Crippen molar-refractivity contribution in [2.24, 2.45) is 0 Å². The van der Waals surface area contributed by atoms with Crippen molar-refractivity contribution in [2.45, 2.75) is 46.1 Å². The van der Waals surface area contributed by atoms with Crippen molar-refractivity contribution in [3.63, 3.8) is 0 Å². The minimum atomic E-state index is 0.347. The van der Waals surface area contributed by atoms with Crippen molar-refractivity contribution in [3.05, 3.63) is 24.0 Å². The van der Waals surface area contributed by atoms with Gasteiger partial charge < -0.3 is 5.73 Å². The van der Waals surface area contributed by atoms with Gasteiger partial charge in [0.05, 0.1) is 23.1 Å². The van der Waals surface area contributed by atoms with E-state index in [0.717, 1.165) is 36.3 Å². The zero-order chi connectivity index (χ0) is 11.4. The van der Waals surface area contributed by atoms with E-state index >= 15 is 0 Å². The van der Waals surface area contributed by atoms with Gasteiger partial charge in [-0.3, -0.25) is 4.68 Å². The predicted octanol–water partition coefficient (Wildman–Crippen LogP) is 2.73. The summed E-state index contributed by atoms with van der Waals surface area (Å²) in [4.78, 5) is 0. The van der Waals surface area contributed by atoms with Gasteiger partial charge in [0.2, 0.25) is 0 Å². The average Bonchev–Trinajstić information content (AvgIpc) is 2.55. The molecule has 0 saturated heterocycles. The molecule has 0 aliphatic heterocycles. The maximum atomic E-state index is 6.05. The highest BCUT2D eigenvalue weighted by Gasteiger charge is 2.15. The number of anilines is 1. The van der Waals surface area contributed by atoms with E-state index in [2.05, 4.69) is 37.1 Å². The molecular formula is C12H21N3. The highest BCUT2D eigenvalue weighted by atomic mass is 15.3. The summed E-state index contributed by atoms with van der Waals surface area (Å²) < 4.78 is 2.05. The van der Waals surface area contributed by atoms with Gasteiger partial charge in [-0.15, -0.1) is 6.58 Å². The lowest BCUT2D eigenvalue weighted by Crippen LogP contribution is -2.10. The first-order valence-corrected chi connectivity index (χ1v) is 5.62. The number of hydrogen-bond acceptors (Lipinski definition) is 2. The Morgan fingerprint density at radius 1 is 1.47 bits per heavy atom. The number of aromatic nitrogens is 2. The van der Waals surface area contributed by atoms with E-state index in [-0.39, 0.29) is 0 Å². The molecule has 15 heavy (non-hydrogen) atoms. The second-order valence-electron chi connectivity index (χ2n) is 3.83. The molecule has 0 aliphatic rings. The third-order valence-corrected chi connectivity index (χ3v) is 2.72. The zero-order valence-electron chi connectivity index (χ0n) is 9.95. The molecule has 1 aromatic heterocycles. The van der Waals surface area contributed by atoms with Crippen LogP contribution in [-0.4, -0.2) is 9.78 Å². The van der Waals surface area contributed by atoms with E-state index in [0.29, 0.717) is 6.04 Å². The Morgan fingerprint density at radius 3 is 2.60 bits per heavy atom. The minimum Gasteiger partial charge on any atom is -0.396 e. The number of nitrogens with zero attached hydrogens (tertiary/aromatic N) is 2. The van der Waals surface area contributed by atoms with E-state index in [9.17, 15) is 0 Å². The molecule has 0 fully saturated rings. The van der Waals surface area contributed by atoms with Crippen LogP contribution in [0.5, 0.6) is 0 Å². The molecule has 1 aromatic rings. The van der Waals surface area contributed by atoms with Crippen LogP contribution in [0.25, 0.3) is 0 Å². The Balaban J connectivity index is 3.10. The van der Waals surface area contributed by atoms with Crippen molar-refractivity contribution in [1.29, 1.82) is 0 Å². The predicted molar refractivity (Wildman–Crippen MR) is 64.9 cm³/mol. The molecular weight excluding hydrogens is 186 g/mol. The van der Waals surface area contributed by atoms with Crippen molar-refractivity contribution >= 4 is 5.69 Å². The summed E-state index contributed by atoms with van der Waals surface area (Å²) in [5, 5.41) is 4.56. The molecule has 1 atom stereocenters. The number of nitrogen functional groups attached to an aromatic ring is 1. The smallest absolute Gasteiger partial charge is 0.0854 e. The number of allylic oxidation sites excluding steroid dienone is 1. The highest BCUT2D eigenvalue weighted by Crippen LogP contribution is 2.23. The summed E-state index contributed by atoms with van der Waals surface area (Å²) in [6, 6.07) is 0.347. The third kappa shape index (κ3) is 2.22. The molecule has 3 nitrogen and oxygen atoms in total. The van der Waals surface area contributed by atoms with Crippen LogP contribution in [0.4, 0.5) is 5.69 Å². The molecule has 0 spiro atoms. The van der Waals surface area contributed by atoms with Crippen LogP contribution >= 0.6 is 0 Å². The van der Waals surface area contributed by atoms with Crippen LogP contribution < -0.4 is 5.73 Å². The van der Waals surface area contributed by atoms with Crippen LogP contribution in [-0.2, 0) is 12.8 Å². The number of nitrogens with two attached hydrogens (primary N) is 1. The van der Waals surface area contributed by atoms with Gasteiger partial charge in [-0.05, 0) is 26.2 Å². The lowest BCUT2D eigenvalue weighted by Gasteiger charge is -2.13. The topological polar surface area (TPSA) is 43.8 Å². The fourth-order valence-electron chi connectivity index (χ4n) is 1.85. The summed E-state index contributed by atoms with van der Waals surface area (Å²) >= 11 is 0. The Hall–Kier alpha value is -1.25. The Bertz CT molecular complexity index is 339. The van der Waals surface area contributed by atoms with E-state index < -0.39 is 0 Å². The van der Waals surface area contributed by atoms with Crippen LogP contribution in [0, 0.1) is 0 Å². The first-order valence-electron chi connectivity index (χ1n) is 5.62. The molecule has 0 saturated carbocycles. The quantitative estimate of drug-likeness (QED) is 0.754. The SMILES string of the molecule is C=CCC(C)n1nc(CC)c(N)c1CC. The molecule has 1 rings (SSSR count). The van der Waals surface area contributed by atoms with Crippen molar-refractivity contribution in [1.82, 2.24) is 9.78 Å². The summed E-state index contributed by atoms with van der Waals surface area (Å²) in [5.74, 6) is 0. The molecule has 84 valence electrons. The number of rotatable bonds is 5. The first kappa shape index (κ1) is 11.8. The number of aryl methyl sites for hydroxylation is 1. The second kappa shape index (κ2) is 5.01. The van der Waals surface area contributed by atoms with Crippen molar-refractivity contribution < 1.29 is 0 Å². The molecule has 1 unspecified atom stereocenters. The largest absolute Gasteiger partial charge is 0.396 e. The normalized spacial score (nSPS) is 12.7. The Labute approximate surface area is 92.0 Å². The monoisotopic (exact) mass is 207 g/mol. The molecule has 0 aromatic carbocycles. The van der Waals surface area contributed by atoms with E-state index in [4.69, 9.17) is 5.73 Å². The van der Waals surface area contributed by atoms with Gasteiger partial charge in [-0.25, -0.2) is 0 Å². The van der Waals surface area contributed by atoms with Gasteiger partial charge in [0.25, 0.3) is 0 Å². The second-order valence-corrected chi connectivity index (χ2v) is 3.83. The lowest BCUT2D eigenvalue weighted by molar-refractivity contribution is 0.475. The standard InChI is InChI=1S/C12H21N3/c1-5-8-9(4)15-11(7-3)12(13)10(6-2)14-15/h5,9H,1,6-8,13H2,2-4H3.